The van der Waals surface area contributed by atoms with Gasteiger partial charge in [-0.1, -0.05) is 19.8 Å². The van der Waals surface area contributed by atoms with Crippen LogP contribution in [0.2, 0.25) is 0 Å². The highest BCUT2D eigenvalue weighted by Gasteiger charge is 2.33. The predicted molar refractivity (Wildman–Crippen MR) is 78.3 cm³/mol. The summed E-state index contributed by atoms with van der Waals surface area (Å²) in [5, 5.41) is 13.3. The fraction of sp³-hybridized carbons (Fsp3) is 1.00. The van der Waals surface area contributed by atoms with Gasteiger partial charge in [0.05, 0.1) is 6.61 Å². The molecule has 0 aliphatic heterocycles. The SMILES string of the molecule is CCC(CO)(CCCOCC1CCCC1)NC1CC1. The van der Waals surface area contributed by atoms with E-state index in [4.69, 9.17) is 4.74 Å². The van der Waals surface area contributed by atoms with E-state index in [1.165, 1.54) is 38.5 Å². The predicted octanol–water partition coefficient (Wildman–Crippen LogP) is 2.87. The second-order valence-corrected chi connectivity index (χ2v) is 6.54. The Hall–Kier alpha value is -0.120. The van der Waals surface area contributed by atoms with E-state index < -0.39 is 0 Å². The first-order valence-corrected chi connectivity index (χ1v) is 8.24. The van der Waals surface area contributed by atoms with Gasteiger partial charge in [-0.3, -0.25) is 0 Å². The minimum Gasteiger partial charge on any atom is -0.394 e. The molecule has 0 aromatic carbocycles. The number of hydrogen-bond donors (Lipinski definition) is 2. The zero-order valence-corrected chi connectivity index (χ0v) is 12.5. The van der Waals surface area contributed by atoms with Crippen molar-refractivity contribution in [3.63, 3.8) is 0 Å². The van der Waals surface area contributed by atoms with Crippen LogP contribution in [-0.2, 0) is 4.74 Å². The first-order chi connectivity index (χ1) is 9.28. The third-order valence-corrected chi connectivity index (χ3v) is 4.84. The summed E-state index contributed by atoms with van der Waals surface area (Å²) in [4.78, 5) is 0. The van der Waals surface area contributed by atoms with Gasteiger partial charge in [0.15, 0.2) is 0 Å². The Morgan fingerprint density at radius 1 is 1.21 bits per heavy atom. The third kappa shape index (κ3) is 5.05. The first-order valence-electron chi connectivity index (χ1n) is 8.24. The number of aliphatic hydroxyl groups excluding tert-OH is 1. The average Bonchev–Trinajstić information content (AvgIpc) is 3.09. The molecular formula is C16H31NO2. The molecule has 2 N–H and O–H groups in total. The maximum Gasteiger partial charge on any atom is 0.0613 e. The summed E-state index contributed by atoms with van der Waals surface area (Å²) in [7, 11) is 0. The van der Waals surface area contributed by atoms with Gasteiger partial charge in [-0.05, 0) is 50.9 Å². The Morgan fingerprint density at radius 2 is 1.95 bits per heavy atom. The molecular weight excluding hydrogens is 238 g/mol. The topological polar surface area (TPSA) is 41.5 Å². The third-order valence-electron chi connectivity index (χ3n) is 4.84. The van der Waals surface area contributed by atoms with Crippen molar-refractivity contribution >= 4 is 0 Å². The molecule has 0 spiro atoms. The van der Waals surface area contributed by atoms with Gasteiger partial charge in [0.1, 0.15) is 0 Å². The average molecular weight is 269 g/mol. The van der Waals surface area contributed by atoms with Crippen molar-refractivity contribution in [1.82, 2.24) is 5.32 Å². The summed E-state index contributed by atoms with van der Waals surface area (Å²) in [5.74, 6) is 0.818. The second-order valence-electron chi connectivity index (χ2n) is 6.54. The molecule has 0 radical (unpaired) electrons. The van der Waals surface area contributed by atoms with Crippen LogP contribution in [0.25, 0.3) is 0 Å². The number of rotatable bonds is 10. The molecule has 19 heavy (non-hydrogen) atoms. The molecule has 2 fully saturated rings. The molecule has 1 atom stereocenters. The molecule has 0 saturated heterocycles. The van der Waals surface area contributed by atoms with E-state index in [2.05, 4.69) is 12.2 Å². The van der Waals surface area contributed by atoms with Crippen molar-refractivity contribution in [3.05, 3.63) is 0 Å². The zero-order chi connectivity index (χ0) is 13.6. The fourth-order valence-corrected chi connectivity index (χ4v) is 3.19. The van der Waals surface area contributed by atoms with Crippen LogP contribution < -0.4 is 5.32 Å². The molecule has 3 nitrogen and oxygen atoms in total. The Kier molecular flexibility index (Phi) is 6.11. The summed E-state index contributed by atoms with van der Waals surface area (Å²) < 4.78 is 5.81. The molecule has 2 rings (SSSR count). The van der Waals surface area contributed by atoms with Crippen molar-refractivity contribution in [2.45, 2.75) is 76.3 Å². The lowest BCUT2D eigenvalue weighted by molar-refractivity contribution is 0.0820. The maximum atomic E-state index is 9.68. The van der Waals surface area contributed by atoms with Gasteiger partial charge >= 0.3 is 0 Å². The van der Waals surface area contributed by atoms with Gasteiger partial charge in [-0.25, -0.2) is 0 Å². The molecule has 1 unspecified atom stereocenters. The molecule has 3 heteroatoms. The van der Waals surface area contributed by atoms with Gasteiger partial charge < -0.3 is 15.2 Å². The van der Waals surface area contributed by atoms with E-state index >= 15 is 0 Å². The van der Waals surface area contributed by atoms with Crippen LogP contribution in [-0.4, -0.2) is 36.5 Å². The molecule has 0 aromatic rings. The van der Waals surface area contributed by atoms with E-state index in [0.29, 0.717) is 6.04 Å². The molecule has 2 aliphatic carbocycles. The number of ether oxygens (including phenoxy) is 1. The van der Waals surface area contributed by atoms with Crippen LogP contribution in [0.15, 0.2) is 0 Å². The summed E-state index contributed by atoms with van der Waals surface area (Å²) in [5.41, 5.74) is -0.0577. The molecule has 0 amide bonds. The lowest BCUT2D eigenvalue weighted by Gasteiger charge is -2.32. The van der Waals surface area contributed by atoms with E-state index in [1.807, 2.05) is 0 Å². The summed E-state index contributed by atoms with van der Waals surface area (Å²) >= 11 is 0. The Balaban J connectivity index is 1.58. The van der Waals surface area contributed by atoms with Crippen LogP contribution in [0.5, 0.6) is 0 Å². The maximum absolute atomic E-state index is 9.68. The van der Waals surface area contributed by atoms with Crippen LogP contribution in [0, 0.1) is 5.92 Å². The van der Waals surface area contributed by atoms with Crippen molar-refractivity contribution in [1.29, 1.82) is 0 Å². The highest BCUT2D eigenvalue weighted by molar-refractivity contribution is 4.94. The number of aliphatic hydroxyl groups is 1. The minimum atomic E-state index is -0.0577. The van der Waals surface area contributed by atoms with Crippen LogP contribution in [0.1, 0.15) is 64.7 Å². The van der Waals surface area contributed by atoms with Crippen molar-refractivity contribution in [3.8, 4) is 0 Å². The first kappa shape index (κ1) is 15.3. The smallest absolute Gasteiger partial charge is 0.0613 e. The minimum absolute atomic E-state index is 0.0577. The van der Waals surface area contributed by atoms with E-state index in [-0.39, 0.29) is 12.1 Å². The van der Waals surface area contributed by atoms with E-state index in [0.717, 1.165) is 38.4 Å². The highest BCUT2D eigenvalue weighted by atomic mass is 16.5. The van der Waals surface area contributed by atoms with Gasteiger partial charge in [0.2, 0.25) is 0 Å². The largest absolute Gasteiger partial charge is 0.394 e. The molecule has 0 aromatic heterocycles. The van der Waals surface area contributed by atoms with Crippen molar-refractivity contribution in [2.75, 3.05) is 19.8 Å². The highest BCUT2D eigenvalue weighted by Crippen LogP contribution is 2.27. The molecule has 2 saturated carbocycles. The summed E-state index contributed by atoms with van der Waals surface area (Å²) in [6, 6.07) is 0.659. The van der Waals surface area contributed by atoms with Gasteiger partial charge in [-0.15, -0.1) is 0 Å². The van der Waals surface area contributed by atoms with Crippen LogP contribution in [0.4, 0.5) is 0 Å². The normalized spacial score (nSPS) is 23.7. The standard InChI is InChI=1S/C16H31NO2/c1-2-16(13-18,17-15-8-9-15)10-5-11-19-12-14-6-3-4-7-14/h14-15,17-18H,2-13H2,1H3. The summed E-state index contributed by atoms with van der Waals surface area (Å²) in [6.45, 7) is 4.23. The fourth-order valence-electron chi connectivity index (χ4n) is 3.19. The summed E-state index contributed by atoms with van der Waals surface area (Å²) in [6.07, 6.45) is 11.1. The Morgan fingerprint density at radius 3 is 2.53 bits per heavy atom. The molecule has 112 valence electrons. The molecule has 0 bridgehead atoms. The van der Waals surface area contributed by atoms with Crippen LogP contribution in [0.3, 0.4) is 0 Å². The van der Waals surface area contributed by atoms with Gasteiger partial charge in [0, 0.05) is 24.8 Å². The quantitative estimate of drug-likeness (QED) is 0.599. The Bertz CT molecular complexity index is 243. The van der Waals surface area contributed by atoms with Gasteiger partial charge in [-0.2, -0.15) is 0 Å². The van der Waals surface area contributed by atoms with Crippen molar-refractivity contribution in [2.24, 2.45) is 5.92 Å². The molecule has 0 heterocycles. The van der Waals surface area contributed by atoms with Crippen molar-refractivity contribution < 1.29 is 9.84 Å². The number of nitrogens with one attached hydrogen (secondary N) is 1. The molecule has 2 aliphatic rings. The van der Waals surface area contributed by atoms with E-state index in [9.17, 15) is 5.11 Å². The monoisotopic (exact) mass is 269 g/mol. The number of hydrogen-bond acceptors (Lipinski definition) is 3. The van der Waals surface area contributed by atoms with Gasteiger partial charge in [0.25, 0.3) is 0 Å². The van der Waals surface area contributed by atoms with Crippen LogP contribution >= 0.6 is 0 Å². The lowest BCUT2D eigenvalue weighted by Crippen LogP contribution is -2.49. The van der Waals surface area contributed by atoms with E-state index in [1.54, 1.807) is 0 Å². The Labute approximate surface area is 118 Å². The second kappa shape index (κ2) is 7.61. The lowest BCUT2D eigenvalue weighted by atomic mass is 9.91. The zero-order valence-electron chi connectivity index (χ0n) is 12.5.